The van der Waals surface area contributed by atoms with Crippen LogP contribution in [0.5, 0.6) is 0 Å². The molecule has 0 saturated heterocycles. The Morgan fingerprint density at radius 3 is 2.17 bits per heavy atom. The first-order chi connectivity index (χ1) is 5.79. The summed E-state index contributed by atoms with van der Waals surface area (Å²) in [5, 5.41) is 17.9. The predicted octanol–water partition coefficient (Wildman–Crippen LogP) is 1.43. The lowest BCUT2D eigenvalue weighted by molar-refractivity contribution is 0.314. The van der Waals surface area contributed by atoms with Gasteiger partial charge in [-0.15, -0.1) is 0 Å². The molecule has 2 aliphatic carbocycles. The van der Waals surface area contributed by atoms with E-state index < -0.39 is 7.12 Å². The van der Waals surface area contributed by atoms with Gasteiger partial charge in [0.1, 0.15) is 0 Å². The highest BCUT2D eigenvalue weighted by Gasteiger charge is 2.49. The third-order valence-electron chi connectivity index (χ3n) is 3.53. The molecule has 2 saturated carbocycles. The minimum Gasteiger partial charge on any atom is -0.427 e. The van der Waals surface area contributed by atoms with Crippen molar-refractivity contribution in [3.63, 3.8) is 0 Å². The summed E-state index contributed by atoms with van der Waals surface area (Å²) in [5.41, 5.74) is 0. The van der Waals surface area contributed by atoms with Crippen molar-refractivity contribution in [1.29, 1.82) is 0 Å². The van der Waals surface area contributed by atoms with Crippen molar-refractivity contribution in [2.75, 3.05) is 0 Å². The first-order valence-electron chi connectivity index (χ1n) is 5.15. The lowest BCUT2D eigenvalue weighted by Crippen LogP contribution is -2.16. The zero-order chi connectivity index (χ0) is 8.55. The maximum atomic E-state index is 8.95. The summed E-state index contributed by atoms with van der Waals surface area (Å²) in [5.74, 6) is 1.67. The smallest absolute Gasteiger partial charge is 0.427 e. The number of rotatable bonds is 2. The zero-order valence-electron chi connectivity index (χ0n) is 7.45. The van der Waals surface area contributed by atoms with Crippen LogP contribution >= 0.6 is 0 Å². The van der Waals surface area contributed by atoms with Crippen LogP contribution in [0.1, 0.15) is 38.5 Å². The quantitative estimate of drug-likeness (QED) is 0.612. The van der Waals surface area contributed by atoms with E-state index in [4.69, 9.17) is 10.0 Å². The molecular weight excluding hydrogens is 151 g/mol. The molecule has 2 N–H and O–H groups in total. The summed E-state index contributed by atoms with van der Waals surface area (Å²) in [7, 11) is -1.04. The molecule has 0 spiro atoms. The van der Waals surface area contributed by atoms with Crippen molar-refractivity contribution in [2.45, 2.75) is 44.3 Å². The first-order valence-corrected chi connectivity index (χ1v) is 5.15. The van der Waals surface area contributed by atoms with Crippen molar-refractivity contribution in [1.82, 2.24) is 0 Å². The monoisotopic (exact) mass is 168 g/mol. The number of hydrogen-bond acceptors (Lipinski definition) is 2. The molecule has 0 bridgehead atoms. The van der Waals surface area contributed by atoms with Crippen LogP contribution < -0.4 is 0 Å². The van der Waals surface area contributed by atoms with Gasteiger partial charge in [-0.2, -0.15) is 0 Å². The topological polar surface area (TPSA) is 40.5 Å². The van der Waals surface area contributed by atoms with E-state index in [0.29, 0.717) is 5.92 Å². The molecule has 2 aliphatic rings. The van der Waals surface area contributed by atoms with E-state index in [1.807, 2.05) is 0 Å². The fourth-order valence-electron chi connectivity index (χ4n) is 2.68. The largest absolute Gasteiger partial charge is 0.455 e. The van der Waals surface area contributed by atoms with Crippen LogP contribution in [0.25, 0.3) is 0 Å². The van der Waals surface area contributed by atoms with Crippen molar-refractivity contribution in [2.24, 2.45) is 11.8 Å². The van der Waals surface area contributed by atoms with Crippen LogP contribution in [0.15, 0.2) is 0 Å². The molecule has 2 fully saturated rings. The van der Waals surface area contributed by atoms with Gasteiger partial charge in [-0.1, -0.05) is 32.1 Å². The molecular formula is C9H17BO2. The molecule has 2 rings (SSSR count). The molecule has 0 aliphatic heterocycles. The van der Waals surface area contributed by atoms with E-state index in [1.165, 1.54) is 32.1 Å². The third-order valence-corrected chi connectivity index (χ3v) is 3.53. The van der Waals surface area contributed by atoms with E-state index in [0.717, 1.165) is 12.3 Å². The van der Waals surface area contributed by atoms with Crippen LogP contribution in [0, 0.1) is 11.8 Å². The Hall–Kier alpha value is -0.0151. The SMILES string of the molecule is OB(O)[C@@H]1C[C@H]1C1CCCCC1. The second-order valence-corrected chi connectivity index (χ2v) is 4.38. The highest BCUT2D eigenvalue weighted by atomic mass is 16.4. The third kappa shape index (κ3) is 1.67. The molecule has 2 atom stereocenters. The van der Waals surface area contributed by atoms with Crippen LogP contribution in [0.2, 0.25) is 5.82 Å². The Morgan fingerprint density at radius 1 is 1.00 bits per heavy atom. The Kier molecular flexibility index (Phi) is 2.42. The molecule has 0 aromatic carbocycles. The molecule has 0 amide bonds. The molecule has 2 nitrogen and oxygen atoms in total. The second kappa shape index (κ2) is 3.39. The molecule has 0 aromatic rings. The normalized spacial score (nSPS) is 36.5. The summed E-state index contributed by atoms with van der Waals surface area (Å²) >= 11 is 0. The lowest BCUT2D eigenvalue weighted by Gasteiger charge is -2.21. The minimum absolute atomic E-state index is 0.216. The molecule has 0 heterocycles. The maximum Gasteiger partial charge on any atom is 0.455 e. The maximum absolute atomic E-state index is 8.95. The van der Waals surface area contributed by atoms with E-state index >= 15 is 0 Å². The fourth-order valence-corrected chi connectivity index (χ4v) is 2.68. The second-order valence-electron chi connectivity index (χ2n) is 4.38. The van der Waals surface area contributed by atoms with Gasteiger partial charge in [0.15, 0.2) is 0 Å². The van der Waals surface area contributed by atoms with Gasteiger partial charge < -0.3 is 10.0 Å². The standard InChI is InChI=1S/C9H17BO2/c11-10(12)9-6-8(9)7-4-2-1-3-5-7/h7-9,11-12H,1-6H2/t8-,9+/m0/s1. The Balaban J connectivity index is 1.79. The minimum atomic E-state index is -1.04. The average molecular weight is 168 g/mol. The van der Waals surface area contributed by atoms with Gasteiger partial charge >= 0.3 is 7.12 Å². The Labute approximate surface area is 74.1 Å². The molecule has 3 heteroatoms. The molecule has 0 unspecified atom stereocenters. The predicted molar refractivity (Wildman–Crippen MR) is 48.6 cm³/mol. The van der Waals surface area contributed by atoms with Crippen LogP contribution in [0.3, 0.4) is 0 Å². The van der Waals surface area contributed by atoms with Gasteiger partial charge in [0, 0.05) is 0 Å². The highest BCUT2D eigenvalue weighted by Crippen LogP contribution is 2.54. The van der Waals surface area contributed by atoms with Gasteiger partial charge in [-0.3, -0.25) is 0 Å². The van der Waals surface area contributed by atoms with E-state index in [-0.39, 0.29) is 5.82 Å². The summed E-state index contributed by atoms with van der Waals surface area (Å²) in [4.78, 5) is 0. The van der Waals surface area contributed by atoms with Gasteiger partial charge in [0.25, 0.3) is 0 Å². The van der Waals surface area contributed by atoms with E-state index in [1.54, 1.807) is 0 Å². The summed E-state index contributed by atoms with van der Waals surface area (Å²) in [6.45, 7) is 0. The van der Waals surface area contributed by atoms with Crippen LogP contribution in [-0.2, 0) is 0 Å². The average Bonchev–Trinajstić information content (AvgIpc) is 2.84. The highest BCUT2D eigenvalue weighted by molar-refractivity contribution is 6.44. The summed E-state index contributed by atoms with van der Waals surface area (Å²) in [6, 6.07) is 0. The van der Waals surface area contributed by atoms with Crippen LogP contribution in [0.4, 0.5) is 0 Å². The summed E-state index contributed by atoms with van der Waals surface area (Å²) in [6.07, 6.45) is 7.81. The Bertz CT molecular complexity index is 155. The molecule has 0 radical (unpaired) electrons. The van der Waals surface area contributed by atoms with Gasteiger partial charge in [0.2, 0.25) is 0 Å². The summed E-state index contributed by atoms with van der Waals surface area (Å²) < 4.78 is 0. The molecule has 12 heavy (non-hydrogen) atoms. The van der Waals surface area contributed by atoms with Crippen molar-refractivity contribution < 1.29 is 10.0 Å². The van der Waals surface area contributed by atoms with Gasteiger partial charge in [0.05, 0.1) is 0 Å². The molecule has 0 aromatic heterocycles. The van der Waals surface area contributed by atoms with Crippen molar-refractivity contribution in [3.8, 4) is 0 Å². The zero-order valence-corrected chi connectivity index (χ0v) is 7.45. The van der Waals surface area contributed by atoms with Gasteiger partial charge in [-0.05, 0) is 24.1 Å². The van der Waals surface area contributed by atoms with Crippen molar-refractivity contribution >= 4 is 7.12 Å². The first kappa shape index (κ1) is 8.58. The van der Waals surface area contributed by atoms with E-state index in [2.05, 4.69) is 0 Å². The van der Waals surface area contributed by atoms with E-state index in [9.17, 15) is 0 Å². The van der Waals surface area contributed by atoms with Crippen LogP contribution in [-0.4, -0.2) is 17.2 Å². The lowest BCUT2D eigenvalue weighted by atomic mass is 9.76. The van der Waals surface area contributed by atoms with Gasteiger partial charge in [-0.25, -0.2) is 0 Å². The molecule has 68 valence electrons. The fraction of sp³-hybridized carbons (Fsp3) is 1.00. The van der Waals surface area contributed by atoms with Crippen molar-refractivity contribution in [3.05, 3.63) is 0 Å². The Morgan fingerprint density at radius 2 is 1.67 bits per heavy atom. The number of hydrogen-bond donors (Lipinski definition) is 2.